The van der Waals surface area contributed by atoms with Gasteiger partial charge in [-0.25, -0.2) is 0 Å². The van der Waals surface area contributed by atoms with Crippen LogP contribution in [0.2, 0.25) is 5.02 Å². The van der Waals surface area contributed by atoms with E-state index in [-0.39, 0.29) is 29.9 Å². The van der Waals surface area contributed by atoms with E-state index in [0.717, 1.165) is 28.1 Å². The largest absolute Gasteiger partial charge is 0.493 e. The van der Waals surface area contributed by atoms with Crippen LogP contribution in [0.25, 0.3) is 0 Å². The summed E-state index contributed by atoms with van der Waals surface area (Å²) in [7, 11) is 0. The number of ether oxygens (including phenoxy) is 1. The number of rotatable bonds is 5. The Morgan fingerprint density at radius 3 is 2.47 bits per heavy atom. The number of amides is 1. The number of Topliss-reactive ketones (excluding diaryl/α,β-unsaturated/α-hetero) is 1. The van der Waals surface area contributed by atoms with Crippen molar-refractivity contribution in [3.8, 4) is 5.75 Å². The maximum absolute atomic E-state index is 13.2. The molecule has 1 amide bonds. The Labute approximate surface area is 182 Å². The molecule has 0 fully saturated rings. The van der Waals surface area contributed by atoms with Crippen molar-refractivity contribution < 1.29 is 14.3 Å². The maximum atomic E-state index is 13.2. The lowest BCUT2D eigenvalue weighted by molar-refractivity contribution is -0.122. The fourth-order valence-electron chi connectivity index (χ4n) is 4.32. The Morgan fingerprint density at radius 2 is 1.77 bits per heavy atom. The topological polar surface area (TPSA) is 55.4 Å². The molecule has 1 aliphatic carbocycles. The van der Waals surface area contributed by atoms with Gasteiger partial charge in [0.2, 0.25) is 5.91 Å². The molecule has 1 heterocycles. The van der Waals surface area contributed by atoms with Crippen LogP contribution < -0.4 is 10.1 Å². The summed E-state index contributed by atoms with van der Waals surface area (Å²) in [6, 6.07) is 15.4. The van der Waals surface area contributed by atoms with Crippen molar-refractivity contribution in [3.63, 3.8) is 0 Å². The Bertz CT molecular complexity index is 994. The molecule has 5 heteroatoms. The third-order valence-corrected chi connectivity index (χ3v) is 6.10. The van der Waals surface area contributed by atoms with Gasteiger partial charge in [-0.15, -0.1) is 0 Å². The molecule has 2 aromatic carbocycles. The summed E-state index contributed by atoms with van der Waals surface area (Å²) >= 11 is 6.39. The Hall–Kier alpha value is -2.59. The molecule has 4 nitrogen and oxygen atoms in total. The number of benzene rings is 2. The Kier molecular flexibility index (Phi) is 5.96. The quantitative estimate of drug-likeness (QED) is 0.702. The summed E-state index contributed by atoms with van der Waals surface area (Å²) < 4.78 is 5.76. The van der Waals surface area contributed by atoms with Gasteiger partial charge in [0.1, 0.15) is 5.75 Å². The van der Waals surface area contributed by atoms with Crippen LogP contribution in [0.3, 0.4) is 0 Å². The first-order valence-corrected chi connectivity index (χ1v) is 10.8. The average Bonchev–Trinajstić information content (AvgIpc) is 2.72. The minimum Gasteiger partial charge on any atom is -0.493 e. The van der Waals surface area contributed by atoms with E-state index in [1.807, 2.05) is 48.5 Å². The van der Waals surface area contributed by atoms with Crippen molar-refractivity contribution in [3.05, 3.63) is 76.0 Å². The summed E-state index contributed by atoms with van der Waals surface area (Å²) in [6.45, 7) is 4.90. The molecule has 4 rings (SSSR count). The van der Waals surface area contributed by atoms with Gasteiger partial charge < -0.3 is 10.1 Å². The predicted molar refractivity (Wildman–Crippen MR) is 118 cm³/mol. The monoisotopic (exact) mass is 423 g/mol. The van der Waals surface area contributed by atoms with Crippen LogP contribution in [-0.4, -0.2) is 18.3 Å². The van der Waals surface area contributed by atoms with Crippen LogP contribution in [0.5, 0.6) is 5.75 Å². The normalized spacial score (nSPS) is 21.5. The summed E-state index contributed by atoms with van der Waals surface area (Å²) in [5.41, 5.74) is 3.40. The number of carbonyl (C=O) groups excluding carboxylic acids is 2. The van der Waals surface area contributed by atoms with Gasteiger partial charge in [0.15, 0.2) is 5.78 Å². The number of hydrogen-bond acceptors (Lipinski definition) is 3. The Morgan fingerprint density at radius 1 is 1.03 bits per heavy atom. The molecule has 1 aliphatic heterocycles. The van der Waals surface area contributed by atoms with Gasteiger partial charge in [0.05, 0.1) is 6.61 Å². The number of hydrogen-bond donors (Lipinski definition) is 1. The SMILES string of the molecule is CC(C)COc1ccc(C2CC(=O)C3=C(C2)NC(=O)CC3c2ccccc2Cl)cc1. The third kappa shape index (κ3) is 4.29. The van der Waals surface area contributed by atoms with E-state index < -0.39 is 0 Å². The molecule has 0 radical (unpaired) electrons. The lowest BCUT2D eigenvalue weighted by atomic mass is 9.73. The highest BCUT2D eigenvalue weighted by molar-refractivity contribution is 6.31. The highest BCUT2D eigenvalue weighted by atomic mass is 35.5. The fourth-order valence-corrected chi connectivity index (χ4v) is 4.59. The van der Waals surface area contributed by atoms with Crippen LogP contribution >= 0.6 is 11.6 Å². The van der Waals surface area contributed by atoms with Crippen LogP contribution in [-0.2, 0) is 9.59 Å². The van der Waals surface area contributed by atoms with E-state index in [1.165, 1.54) is 0 Å². The van der Waals surface area contributed by atoms with Gasteiger partial charge in [-0.2, -0.15) is 0 Å². The minimum atomic E-state index is -0.275. The van der Waals surface area contributed by atoms with Gasteiger partial charge in [-0.1, -0.05) is 55.8 Å². The van der Waals surface area contributed by atoms with Crippen LogP contribution in [0, 0.1) is 5.92 Å². The molecule has 0 saturated carbocycles. The van der Waals surface area contributed by atoms with E-state index in [1.54, 1.807) is 0 Å². The summed E-state index contributed by atoms with van der Waals surface area (Å²) in [5, 5.41) is 3.56. The van der Waals surface area contributed by atoms with Crippen molar-refractivity contribution in [1.82, 2.24) is 5.32 Å². The highest BCUT2D eigenvalue weighted by Gasteiger charge is 2.38. The van der Waals surface area contributed by atoms with Crippen LogP contribution in [0.1, 0.15) is 56.1 Å². The molecule has 1 N–H and O–H groups in total. The maximum Gasteiger partial charge on any atom is 0.225 e. The van der Waals surface area contributed by atoms with Gasteiger partial charge in [0.25, 0.3) is 0 Å². The van der Waals surface area contributed by atoms with Gasteiger partial charge >= 0.3 is 0 Å². The Balaban J connectivity index is 1.59. The molecular weight excluding hydrogens is 398 g/mol. The second-order valence-corrected chi connectivity index (χ2v) is 8.93. The van der Waals surface area contributed by atoms with Gasteiger partial charge in [0, 0.05) is 35.1 Å². The van der Waals surface area contributed by atoms with Gasteiger partial charge in [-0.05, 0) is 47.6 Å². The summed E-state index contributed by atoms with van der Waals surface area (Å²) in [4.78, 5) is 25.6. The average molecular weight is 424 g/mol. The first kappa shape index (κ1) is 20.7. The van der Waals surface area contributed by atoms with Crippen molar-refractivity contribution in [2.24, 2.45) is 5.92 Å². The van der Waals surface area contributed by atoms with Gasteiger partial charge in [-0.3, -0.25) is 9.59 Å². The molecule has 0 saturated heterocycles. The molecule has 2 aromatic rings. The molecule has 0 spiro atoms. The summed E-state index contributed by atoms with van der Waals surface area (Å²) in [5.74, 6) is 1.09. The van der Waals surface area contributed by atoms with E-state index in [9.17, 15) is 9.59 Å². The fraction of sp³-hybridized carbons (Fsp3) is 0.360. The van der Waals surface area contributed by atoms with Crippen molar-refractivity contribution in [1.29, 1.82) is 0 Å². The van der Waals surface area contributed by atoms with E-state index in [4.69, 9.17) is 16.3 Å². The van der Waals surface area contributed by atoms with E-state index in [2.05, 4.69) is 19.2 Å². The highest BCUT2D eigenvalue weighted by Crippen LogP contribution is 2.44. The molecule has 156 valence electrons. The van der Waals surface area contributed by atoms with Crippen LogP contribution in [0.15, 0.2) is 59.8 Å². The molecule has 2 atom stereocenters. The van der Waals surface area contributed by atoms with Crippen molar-refractivity contribution in [2.45, 2.75) is 44.9 Å². The van der Waals surface area contributed by atoms with Crippen molar-refractivity contribution >= 4 is 23.3 Å². The zero-order valence-electron chi connectivity index (χ0n) is 17.3. The lowest BCUT2D eigenvalue weighted by Gasteiger charge is -2.34. The lowest BCUT2D eigenvalue weighted by Crippen LogP contribution is -2.38. The first-order chi connectivity index (χ1) is 14.4. The molecule has 0 bridgehead atoms. The zero-order chi connectivity index (χ0) is 21.3. The number of halogens is 1. The first-order valence-electron chi connectivity index (χ1n) is 10.5. The molecular formula is C25H26ClNO3. The number of carbonyl (C=O) groups is 2. The smallest absolute Gasteiger partial charge is 0.225 e. The number of allylic oxidation sites excluding steroid dienone is 2. The minimum absolute atomic E-state index is 0.0423. The molecule has 30 heavy (non-hydrogen) atoms. The standard InChI is InChI=1S/C25H26ClNO3/c1-15(2)14-30-18-9-7-16(8-10-18)17-11-22-25(23(28)12-17)20(13-24(29)27-22)19-5-3-4-6-21(19)26/h3-10,15,17,20H,11-14H2,1-2H3,(H,27,29). The zero-order valence-corrected chi connectivity index (χ0v) is 18.0. The second-order valence-electron chi connectivity index (χ2n) is 8.52. The predicted octanol–water partition coefficient (Wildman–Crippen LogP) is 5.38. The molecule has 2 aliphatic rings. The summed E-state index contributed by atoms with van der Waals surface area (Å²) in [6.07, 6.45) is 1.32. The molecule has 0 aromatic heterocycles. The van der Waals surface area contributed by atoms with E-state index in [0.29, 0.717) is 30.4 Å². The molecule has 2 unspecified atom stereocenters. The van der Waals surface area contributed by atoms with Crippen LogP contribution in [0.4, 0.5) is 0 Å². The number of ketones is 1. The van der Waals surface area contributed by atoms with E-state index >= 15 is 0 Å². The third-order valence-electron chi connectivity index (χ3n) is 5.75. The number of nitrogens with one attached hydrogen (secondary N) is 1. The second kappa shape index (κ2) is 8.65. The van der Waals surface area contributed by atoms with Crippen molar-refractivity contribution in [2.75, 3.05) is 6.61 Å².